The number of carbonyl (C=O) groups is 2. The number of ketones is 1. The van der Waals surface area contributed by atoms with E-state index in [0.717, 1.165) is 18.3 Å². The molecule has 1 aromatic carbocycles. The first-order valence-electron chi connectivity index (χ1n) is 6.63. The zero-order chi connectivity index (χ0) is 17.9. The number of rotatable bonds is 6. The molecule has 0 saturated heterocycles. The highest BCUT2D eigenvalue weighted by atomic mass is 32.1. The van der Waals surface area contributed by atoms with E-state index in [2.05, 4.69) is 5.18 Å². The van der Waals surface area contributed by atoms with Crippen molar-refractivity contribution in [2.45, 2.75) is 12.8 Å². The predicted molar refractivity (Wildman–Crippen MR) is 85.2 cm³/mol. The summed E-state index contributed by atoms with van der Waals surface area (Å²) < 4.78 is 26.4. The second-order valence-corrected chi connectivity index (χ2v) is 6.00. The van der Waals surface area contributed by atoms with Gasteiger partial charge in [-0.05, 0) is 22.9 Å². The Morgan fingerprint density at radius 1 is 1.17 bits per heavy atom. The molecule has 0 spiro atoms. The van der Waals surface area contributed by atoms with Gasteiger partial charge in [0, 0.05) is 23.4 Å². The van der Waals surface area contributed by atoms with Crippen molar-refractivity contribution in [2.24, 2.45) is 5.18 Å². The first-order valence-corrected chi connectivity index (χ1v) is 7.45. The number of nitroso groups, excluding NO2 is 1. The number of hydrogen-bond donors (Lipinski definition) is 1. The van der Waals surface area contributed by atoms with Crippen molar-refractivity contribution in [1.29, 1.82) is 0 Å². The number of carboxylic acids is 1. The average molecular weight is 351 g/mol. The smallest absolute Gasteiger partial charge is 0.358 e. The highest BCUT2D eigenvalue weighted by Crippen LogP contribution is 2.32. The maximum atomic E-state index is 13.2. The second kappa shape index (κ2) is 6.79. The van der Waals surface area contributed by atoms with Gasteiger partial charge in [0.1, 0.15) is 0 Å². The quantitative estimate of drug-likeness (QED) is 0.473. The number of thiophene rings is 1. The van der Waals surface area contributed by atoms with Crippen LogP contribution in [0.3, 0.4) is 0 Å². The van der Waals surface area contributed by atoms with Gasteiger partial charge < -0.3 is 5.11 Å². The zero-order valence-corrected chi connectivity index (χ0v) is 13.1. The van der Waals surface area contributed by atoms with E-state index in [1.165, 1.54) is 30.3 Å². The zero-order valence-electron chi connectivity index (χ0n) is 12.3. The molecule has 1 heterocycles. The summed E-state index contributed by atoms with van der Waals surface area (Å²) in [6.45, 7) is 0.803. The van der Waals surface area contributed by atoms with E-state index >= 15 is 0 Å². The van der Waals surface area contributed by atoms with E-state index in [1.54, 1.807) is 6.07 Å². The number of aliphatic carboxylic acids is 1. The lowest BCUT2D eigenvalue weighted by Gasteiger charge is -2.10. The fourth-order valence-electron chi connectivity index (χ4n) is 1.88. The van der Waals surface area contributed by atoms with Crippen LogP contribution in [-0.4, -0.2) is 16.9 Å². The lowest BCUT2D eigenvalue weighted by atomic mass is 10.1. The molecule has 5 nitrogen and oxygen atoms in total. The topological polar surface area (TPSA) is 83.8 Å². The van der Waals surface area contributed by atoms with Gasteiger partial charge in [-0.2, -0.15) is 0 Å². The third kappa shape index (κ3) is 3.96. The molecule has 0 radical (unpaired) electrons. The Kier molecular flexibility index (Phi) is 4.99. The average Bonchev–Trinajstić information content (AvgIpc) is 3.01. The summed E-state index contributed by atoms with van der Waals surface area (Å²) in [4.78, 5) is 33.8. The van der Waals surface area contributed by atoms with Crippen LogP contribution in [0.15, 0.2) is 53.3 Å². The van der Waals surface area contributed by atoms with Gasteiger partial charge in [0.25, 0.3) is 5.92 Å². The minimum atomic E-state index is -2.94. The molecule has 0 unspecified atom stereocenters. The standard InChI is InChI=1S/C16H11F2NO4S/c1-16(17,18)10-4-2-9(3-5-10)13-6-7-14(24-13)12(20)8-11(19-23)15(21)22/h2-8H,1H3,(H,21,22)/b11-8-. The predicted octanol–water partition coefficient (Wildman–Crippen LogP) is 4.44. The van der Waals surface area contributed by atoms with E-state index in [4.69, 9.17) is 5.11 Å². The Morgan fingerprint density at radius 3 is 2.29 bits per heavy atom. The first-order chi connectivity index (χ1) is 11.2. The normalized spacial score (nSPS) is 12.0. The minimum absolute atomic E-state index is 0.120. The highest BCUT2D eigenvalue weighted by molar-refractivity contribution is 7.17. The fourth-order valence-corrected chi connectivity index (χ4v) is 2.80. The molecule has 2 aromatic rings. The lowest BCUT2D eigenvalue weighted by molar-refractivity contribution is -0.132. The van der Waals surface area contributed by atoms with Gasteiger partial charge in [-0.1, -0.05) is 24.3 Å². The van der Waals surface area contributed by atoms with Crippen LogP contribution in [0.4, 0.5) is 8.78 Å². The van der Waals surface area contributed by atoms with Crippen molar-refractivity contribution < 1.29 is 23.5 Å². The number of alkyl halides is 2. The molecule has 8 heteroatoms. The van der Waals surface area contributed by atoms with E-state index in [0.29, 0.717) is 16.5 Å². The van der Waals surface area contributed by atoms with Crippen molar-refractivity contribution in [3.05, 3.63) is 63.5 Å². The summed E-state index contributed by atoms with van der Waals surface area (Å²) in [7, 11) is 0. The minimum Gasteiger partial charge on any atom is -0.476 e. The van der Waals surface area contributed by atoms with E-state index in [9.17, 15) is 23.3 Å². The van der Waals surface area contributed by atoms with Gasteiger partial charge in [-0.25, -0.2) is 13.6 Å². The van der Waals surface area contributed by atoms with E-state index < -0.39 is 23.4 Å². The molecule has 1 N–H and O–H groups in total. The van der Waals surface area contributed by atoms with Gasteiger partial charge in [0.05, 0.1) is 4.88 Å². The van der Waals surface area contributed by atoms with Crippen molar-refractivity contribution >= 4 is 23.1 Å². The number of nitrogens with zero attached hydrogens (tertiary/aromatic N) is 1. The third-order valence-corrected chi connectivity index (χ3v) is 4.26. The van der Waals surface area contributed by atoms with Crippen LogP contribution < -0.4 is 0 Å². The van der Waals surface area contributed by atoms with Crippen molar-refractivity contribution in [3.8, 4) is 10.4 Å². The number of halogens is 2. The van der Waals surface area contributed by atoms with Gasteiger partial charge in [0.15, 0.2) is 11.5 Å². The number of carboxylic acid groups (broad SMARTS) is 1. The Morgan fingerprint density at radius 2 is 1.79 bits per heavy atom. The Hall–Kier alpha value is -2.74. The van der Waals surface area contributed by atoms with Crippen LogP contribution >= 0.6 is 11.3 Å². The summed E-state index contributed by atoms with van der Waals surface area (Å²) in [5, 5.41) is 10.9. The van der Waals surface area contributed by atoms with Crippen LogP contribution in [0.5, 0.6) is 0 Å². The molecule has 0 aliphatic heterocycles. The SMILES string of the molecule is CC(F)(F)c1ccc(-c2ccc(C(=O)/C=C(\N=O)C(=O)O)s2)cc1. The summed E-state index contributed by atoms with van der Waals surface area (Å²) in [5.74, 6) is -5.19. The maximum Gasteiger partial charge on any atom is 0.358 e. The molecule has 0 aliphatic carbocycles. The first kappa shape index (κ1) is 17.6. The van der Waals surface area contributed by atoms with E-state index in [-0.39, 0.29) is 10.4 Å². The summed E-state index contributed by atoms with van der Waals surface area (Å²) in [5.41, 5.74) is -0.363. The fraction of sp³-hybridized carbons (Fsp3) is 0.125. The molecule has 0 atom stereocenters. The van der Waals surface area contributed by atoms with Crippen molar-refractivity contribution in [2.75, 3.05) is 0 Å². The lowest BCUT2D eigenvalue weighted by Crippen LogP contribution is -2.06. The molecule has 2 rings (SSSR count). The third-order valence-electron chi connectivity index (χ3n) is 3.11. The maximum absolute atomic E-state index is 13.2. The number of carbonyl (C=O) groups excluding carboxylic acids is 1. The summed E-state index contributed by atoms with van der Waals surface area (Å²) in [6.07, 6.45) is 0.645. The van der Waals surface area contributed by atoms with Crippen LogP contribution in [0.25, 0.3) is 10.4 Å². The Labute approximate surface area is 139 Å². The molecule has 24 heavy (non-hydrogen) atoms. The Balaban J connectivity index is 2.26. The summed E-state index contributed by atoms with van der Waals surface area (Å²) >= 11 is 1.05. The van der Waals surface area contributed by atoms with Crippen molar-refractivity contribution in [3.63, 3.8) is 0 Å². The largest absolute Gasteiger partial charge is 0.476 e. The van der Waals surface area contributed by atoms with Crippen LogP contribution in [0, 0.1) is 4.91 Å². The Bertz CT molecular complexity index is 819. The molecule has 0 bridgehead atoms. The van der Waals surface area contributed by atoms with Gasteiger partial charge in [-0.15, -0.1) is 16.2 Å². The summed E-state index contributed by atoms with van der Waals surface area (Å²) in [6, 6.07) is 8.70. The number of benzene rings is 1. The van der Waals surface area contributed by atoms with Crippen LogP contribution in [-0.2, 0) is 10.7 Å². The molecular weight excluding hydrogens is 340 g/mol. The molecular formula is C16H11F2NO4S. The molecule has 0 fully saturated rings. The van der Waals surface area contributed by atoms with Gasteiger partial charge in [-0.3, -0.25) is 4.79 Å². The number of hydrogen-bond acceptors (Lipinski definition) is 5. The van der Waals surface area contributed by atoms with Gasteiger partial charge in [0.2, 0.25) is 0 Å². The molecule has 0 amide bonds. The number of allylic oxidation sites excluding steroid dienone is 1. The molecule has 124 valence electrons. The van der Waals surface area contributed by atoms with Gasteiger partial charge >= 0.3 is 5.97 Å². The van der Waals surface area contributed by atoms with Crippen molar-refractivity contribution in [1.82, 2.24) is 0 Å². The monoisotopic (exact) mass is 351 g/mol. The highest BCUT2D eigenvalue weighted by Gasteiger charge is 2.23. The van der Waals surface area contributed by atoms with Crippen LogP contribution in [0.1, 0.15) is 22.2 Å². The molecule has 0 saturated carbocycles. The van der Waals surface area contributed by atoms with E-state index in [1.807, 2.05) is 0 Å². The molecule has 1 aromatic heterocycles. The molecule has 0 aliphatic rings. The second-order valence-electron chi connectivity index (χ2n) is 4.92. The van der Waals surface area contributed by atoms with Crippen LogP contribution in [0.2, 0.25) is 0 Å².